The van der Waals surface area contributed by atoms with Crippen molar-refractivity contribution >= 4 is 34.6 Å². The monoisotopic (exact) mass is 479 g/mol. The number of carboxylic acids is 1. The van der Waals surface area contributed by atoms with E-state index in [1.165, 1.54) is 23.9 Å². The Kier molecular flexibility index (Phi) is 6.75. The van der Waals surface area contributed by atoms with Crippen LogP contribution in [-0.4, -0.2) is 43.9 Å². The van der Waals surface area contributed by atoms with Gasteiger partial charge >= 0.3 is 18.2 Å². The number of fused-ring (bicyclic) bond motifs is 1. The van der Waals surface area contributed by atoms with E-state index < -0.39 is 41.5 Å². The molecule has 0 spiro atoms. The first-order valence-electron chi connectivity index (χ1n) is 9.93. The summed E-state index contributed by atoms with van der Waals surface area (Å²) in [5.74, 6) is -2.93. The van der Waals surface area contributed by atoms with Crippen LogP contribution in [0.25, 0.3) is 11.0 Å². The van der Waals surface area contributed by atoms with Crippen LogP contribution in [0.3, 0.4) is 0 Å². The number of imide groups is 1. The van der Waals surface area contributed by atoms with Gasteiger partial charge in [0, 0.05) is 24.3 Å². The summed E-state index contributed by atoms with van der Waals surface area (Å²) in [6.07, 6.45) is -5.18. The van der Waals surface area contributed by atoms with Crippen LogP contribution in [0.5, 0.6) is 5.75 Å². The molecule has 0 saturated heterocycles. The van der Waals surface area contributed by atoms with Crippen LogP contribution in [0.2, 0.25) is 0 Å². The molecule has 0 radical (unpaired) electrons. The maximum Gasteiger partial charge on any atom is 0.420 e. The second-order valence-corrected chi connectivity index (χ2v) is 7.27. The van der Waals surface area contributed by atoms with E-state index in [4.69, 9.17) is 9.84 Å². The zero-order chi connectivity index (χ0) is 25.2. The van der Waals surface area contributed by atoms with Gasteiger partial charge in [0.1, 0.15) is 5.75 Å². The number of anilines is 1. The van der Waals surface area contributed by atoms with Crippen LogP contribution in [0, 0.1) is 6.92 Å². The smallest absolute Gasteiger partial charge is 0.420 e. The Labute approximate surface area is 190 Å². The normalized spacial score (nSPS) is 12.3. The number of aromatic nitrogens is 3. The number of aryl methyl sites for hydroxylation is 2. The molecule has 180 valence electrons. The van der Waals surface area contributed by atoms with Crippen molar-refractivity contribution in [3.05, 3.63) is 47.3 Å². The fourth-order valence-corrected chi connectivity index (χ4v) is 3.16. The summed E-state index contributed by atoms with van der Waals surface area (Å²) in [4.78, 5) is 39.9. The minimum Gasteiger partial charge on any atom is -0.479 e. The lowest BCUT2D eigenvalue weighted by Crippen LogP contribution is -2.34. The summed E-state index contributed by atoms with van der Waals surface area (Å²) in [6.45, 7) is 3.18. The standard InChI is InChI=1S/C21H20F3N5O5/c1-4-15(19(31)32)34-16-6-5-12(8-14(16)21(22,23)24)26-20(33)27-18(30)11-7-13-10(2)28-29(3)17(13)25-9-11/h5-9,15H,4H2,1-3H3,(H,31,32)(H2,26,27,30,33). The lowest BCUT2D eigenvalue weighted by molar-refractivity contribution is -0.148. The number of carbonyl (C=O) groups excluding carboxylic acids is 2. The molecular weight excluding hydrogens is 459 g/mol. The van der Waals surface area contributed by atoms with Crippen molar-refractivity contribution < 1.29 is 37.4 Å². The van der Waals surface area contributed by atoms with E-state index in [9.17, 15) is 27.6 Å². The molecule has 1 aromatic carbocycles. The average Bonchev–Trinajstić information content (AvgIpc) is 3.04. The summed E-state index contributed by atoms with van der Waals surface area (Å²) >= 11 is 0. The zero-order valence-electron chi connectivity index (χ0n) is 18.2. The fourth-order valence-electron chi connectivity index (χ4n) is 3.16. The predicted octanol–water partition coefficient (Wildman–Crippen LogP) is 3.50. The van der Waals surface area contributed by atoms with Gasteiger partial charge in [0.25, 0.3) is 5.91 Å². The number of amides is 3. The molecule has 0 aliphatic heterocycles. The fraction of sp³-hybridized carbons (Fsp3) is 0.286. The van der Waals surface area contributed by atoms with Gasteiger partial charge in [0.05, 0.1) is 16.8 Å². The number of nitrogens with zero attached hydrogens (tertiary/aromatic N) is 3. The third-order valence-corrected chi connectivity index (χ3v) is 4.81. The highest BCUT2D eigenvalue weighted by Gasteiger charge is 2.36. The molecule has 2 heterocycles. The van der Waals surface area contributed by atoms with Crippen LogP contribution in [0.4, 0.5) is 23.7 Å². The van der Waals surface area contributed by atoms with Gasteiger partial charge in [-0.1, -0.05) is 6.92 Å². The molecule has 3 N–H and O–H groups in total. The van der Waals surface area contributed by atoms with E-state index in [0.29, 0.717) is 22.8 Å². The number of ether oxygens (including phenoxy) is 1. The molecule has 3 aromatic rings. The van der Waals surface area contributed by atoms with Crippen molar-refractivity contribution in [2.45, 2.75) is 32.5 Å². The van der Waals surface area contributed by atoms with Crippen molar-refractivity contribution in [1.29, 1.82) is 0 Å². The number of pyridine rings is 1. The first-order valence-corrected chi connectivity index (χ1v) is 9.93. The SMILES string of the molecule is CCC(Oc1ccc(NC(=O)NC(=O)c2cnc3c(c2)c(C)nn3C)cc1C(F)(F)F)C(=O)O. The number of carboxylic acid groups (broad SMARTS) is 1. The number of nitrogens with one attached hydrogen (secondary N) is 2. The summed E-state index contributed by atoms with van der Waals surface area (Å²) in [7, 11) is 1.69. The highest BCUT2D eigenvalue weighted by molar-refractivity contribution is 6.08. The number of benzene rings is 1. The third kappa shape index (κ3) is 5.24. The highest BCUT2D eigenvalue weighted by Crippen LogP contribution is 2.38. The molecule has 1 atom stereocenters. The number of hydrogen-bond donors (Lipinski definition) is 3. The molecule has 0 fully saturated rings. The minimum atomic E-state index is -4.89. The molecule has 0 aliphatic carbocycles. The van der Waals surface area contributed by atoms with Gasteiger partial charge in [-0.3, -0.25) is 14.8 Å². The number of rotatable bonds is 6. The van der Waals surface area contributed by atoms with E-state index in [1.807, 2.05) is 5.32 Å². The molecule has 3 amide bonds. The first kappa shape index (κ1) is 24.5. The Morgan fingerprint density at radius 2 is 1.94 bits per heavy atom. The van der Waals surface area contributed by atoms with Crippen molar-refractivity contribution in [3.8, 4) is 5.75 Å². The third-order valence-electron chi connectivity index (χ3n) is 4.81. The van der Waals surface area contributed by atoms with Crippen molar-refractivity contribution in [2.24, 2.45) is 7.05 Å². The Morgan fingerprint density at radius 3 is 2.56 bits per heavy atom. The van der Waals surface area contributed by atoms with Gasteiger partial charge in [-0.15, -0.1) is 0 Å². The highest BCUT2D eigenvalue weighted by atomic mass is 19.4. The Bertz CT molecular complexity index is 1270. The summed E-state index contributed by atoms with van der Waals surface area (Å²) in [5, 5.41) is 18.0. The molecule has 0 aliphatic rings. The molecule has 1 unspecified atom stereocenters. The maximum absolute atomic E-state index is 13.5. The molecule has 3 rings (SSSR count). The quantitative estimate of drug-likeness (QED) is 0.492. The van der Waals surface area contributed by atoms with Crippen LogP contribution in [0.15, 0.2) is 30.5 Å². The molecule has 34 heavy (non-hydrogen) atoms. The second kappa shape index (κ2) is 9.37. The summed E-state index contributed by atoms with van der Waals surface area (Å²) < 4.78 is 47.0. The second-order valence-electron chi connectivity index (χ2n) is 7.27. The van der Waals surface area contributed by atoms with Crippen LogP contribution < -0.4 is 15.4 Å². The summed E-state index contributed by atoms with van der Waals surface area (Å²) in [5.41, 5.74) is -0.353. The molecule has 0 saturated carbocycles. The van der Waals surface area contributed by atoms with E-state index in [-0.39, 0.29) is 17.7 Å². The number of halogens is 3. The van der Waals surface area contributed by atoms with Crippen molar-refractivity contribution in [2.75, 3.05) is 5.32 Å². The van der Waals surface area contributed by atoms with Gasteiger partial charge in [0.15, 0.2) is 11.8 Å². The Hall–Kier alpha value is -4.16. The number of alkyl halides is 3. The zero-order valence-corrected chi connectivity index (χ0v) is 18.2. The van der Waals surface area contributed by atoms with E-state index in [2.05, 4.69) is 15.4 Å². The number of hydrogen-bond acceptors (Lipinski definition) is 6. The lowest BCUT2D eigenvalue weighted by Gasteiger charge is -2.19. The minimum absolute atomic E-state index is 0.0535. The Balaban J connectivity index is 1.77. The van der Waals surface area contributed by atoms with Crippen LogP contribution in [-0.2, 0) is 18.0 Å². The lowest BCUT2D eigenvalue weighted by atomic mass is 10.1. The van der Waals surface area contributed by atoms with E-state index in [0.717, 1.165) is 12.1 Å². The Morgan fingerprint density at radius 1 is 1.24 bits per heavy atom. The number of carbonyl (C=O) groups is 3. The largest absolute Gasteiger partial charge is 0.479 e. The van der Waals surface area contributed by atoms with Gasteiger partial charge in [0.2, 0.25) is 0 Å². The van der Waals surface area contributed by atoms with Crippen LogP contribution >= 0.6 is 0 Å². The van der Waals surface area contributed by atoms with E-state index >= 15 is 0 Å². The molecule has 0 bridgehead atoms. The predicted molar refractivity (Wildman–Crippen MR) is 114 cm³/mol. The van der Waals surface area contributed by atoms with Crippen molar-refractivity contribution in [3.63, 3.8) is 0 Å². The molecule has 10 nitrogen and oxygen atoms in total. The van der Waals surface area contributed by atoms with E-state index in [1.54, 1.807) is 14.0 Å². The number of urea groups is 1. The van der Waals surface area contributed by atoms with Gasteiger partial charge in [-0.2, -0.15) is 18.3 Å². The first-order chi connectivity index (χ1) is 15.9. The van der Waals surface area contributed by atoms with Crippen LogP contribution in [0.1, 0.15) is 35.0 Å². The van der Waals surface area contributed by atoms with Crippen molar-refractivity contribution in [1.82, 2.24) is 20.1 Å². The molecule has 13 heteroatoms. The average molecular weight is 479 g/mol. The maximum atomic E-state index is 13.5. The number of aliphatic carboxylic acids is 1. The molecular formula is C21H20F3N5O5. The van der Waals surface area contributed by atoms with Gasteiger partial charge < -0.3 is 15.2 Å². The van der Waals surface area contributed by atoms with Gasteiger partial charge in [-0.05, 0) is 37.6 Å². The topological polar surface area (TPSA) is 135 Å². The van der Waals surface area contributed by atoms with Gasteiger partial charge in [-0.25, -0.2) is 14.6 Å². The molecule has 2 aromatic heterocycles. The summed E-state index contributed by atoms with van der Waals surface area (Å²) in [6, 6.07) is 2.99.